The van der Waals surface area contributed by atoms with Gasteiger partial charge in [-0.2, -0.15) is 0 Å². The number of unbranched alkanes of at least 4 members (excludes halogenated alkanes) is 1. The van der Waals surface area contributed by atoms with E-state index in [0.29, 0.717) is 13.0 Å². The van der Waals surface area contributed by atoms with Crippen LogP contribution in [0.5, 0.6) is 5.75 Å². The first-order valence-electron chi connectivity index (χ1n) is 11.1. The zero-order chi connectivity index (χ0) is 20.9. The van der Waals surface area contributed by atoms with Crippen LogP contribution in [0.2, 0.25) is 0 Å². The minimum atomic E-state index is 0.179. The standard InChI is InChI=1S/C25H31N3O2/c1-3-19-11-13-21(14-12-19)30-16-8-7-15-28-23-10-6-5-9-22(23)26-25(28)20-17-24(29)27(4-2)18-20/h5-6,9-14,20H,3-4,7-8,15-18H2,1-2H3. The van der Waals surface area contributed by atoms with Crippen molar-refractivity contribution in [3.63, 3.8) is 0 Å². The lowest BCUT2D eigenvalue weighted by molar-refractivity contribution is -0.127. The quantitative estimate of drug-likeness (QED) is 0.481. The van der Waals surface area contributed by atoms with Crippen molar-refractivity contribution in [1.82, 2.24) is 14.5 Å². The Kier molecular flexibility index (Phi) is 6.36. The molecule has 1 aliphatic rings. The van der Waals surface area contributed by atoms with Gasteiger partial charge in [-0.05, 0) is 56.0 Å². The van der Waals surface area contributed by atoms with Crippen LogP contribution in [0.1, 0.15) is 50.4 Å². The van der Waals surface area contributed by atoms with Gasteiger partial charge in [0.05, 0.1) is 17.6 Å². The number of hydrogen-bond donors (Lipinski definition) is 0. The molecule has 2 aromatic carbocycles. The van der Waals surface area contributed by atoms with E-state index in [1.807, 2.05) is 17.9 Å². The summed E-state index contributed by atoms with van der Waals surface area (Å²) in [7, 11) is 0. The van der Waals surface area contributed by atoms with Crippen LogP contribution in [0.15, 0.2) is 48.5 Å². The van der Waals surface area contributed by atoms with Crippen LogP contribution in [-0.2, 0) is 17.8 Å². The lowest BCUT2D eigenvalue weighted by atomic mass is 10.1. The molecule has 0 N–H and O–H groups in total. The van der Waals surface area contributed by atoms with E-state index in [9.17, 15) is 4.79 Å². The average molecular weight is 406 g/mol. The Hall–Kier alpha value is -2.82. The van der Waals surface area contributed by atoms with Gasteiger partial charge in [-0.1, -0.05) is 31.2 Å². The molecule has 1 unspecified atom stereocenters. The molecule has 1 aliphatic heterocycles. The van der Waals surface area contributed by atoms with E-state index in [1.165, 1.54) is 5.56 Å². The van der Waals surface area contributed by atoms with Gasteiger partial charge in [-0.3, -0.25) is 4.79 Å². The maximum absolute atomic E-state index is 12.3. The van der Waals surface area contributed by atoms with Crippen LogP contribution < -0.4 is 4.74 Å². The van der Waals surface area contributed by atoms with Gasteiger partial charge in [0.25, 0.3) is 0 Å². The van der Waals surface area contributed by atoms with E-state index in [2.05, 4.69) is 54.0 Å². The summed E-state index contributed by atoms with van der Waals surface area (Å²) in [4.78, 5) is 19.1. The number of carbonyl (C=O) groups is 1. The molecule has 158 valence electrons. The Morgan fingerprint density at radius 3 is 2.60 bits per heavy atom. The van der Waals surface area contributed by atoms with E-state index in [-0.39, 0.29) is 11.8 Å². The molecule has 1 saturated heterocycles. The number of fused-ring (bicyclic) bond motifs is 1. The third-order valence-electron chi connectivity index (χ3n) is 6.02. The smallest absolute Gasteiger partial charge is 0.223 e. The Labute approximate surface area is 178 Å². The highest BCUT2D eigenvalue weighted by molar-refractivity contribution is 5.80. The molecule has 1 aromatic heterocycles. The second-order valence-electron chi connectivity index (χ2n) is 8.00. The molecule has 1 fully saturated rings. The maximum atomic E-state index is 12.3. The normalized spacial score (nSPS) is 16.5. The number of imidazole rings is 1. The van der Waals surface area contributed by atoms with E-state index in [1.54, 1.807) is 0 Å². The first kappa shape index (κ1) is 20.5. The third-order valence-corrected chi connectivity index (χ3v) is 6.02. The molecular formula is C25H31N3O2. The maximum Gasteiger partial charge on any atom is 0.223 e. The molecule has 30 heavy (non-hydrogen) atoms. The van der Waals surface area contributed by atoms with Gasteiger partial charge in [-0.15, -0.1) is 0 Å². The highest BCUT2D eigenvalue weighted by atomic mass is 16.5. The Morgan fingerprint density at radius 1 is 1.07 bits per heavy atom. The average Bonchev–Trinajstić information content (AvgIpc) is 3.34. The predicted octanol–water partition coefficient (Wildman–Crippen LogP) is 4.79. The van der Waals surface area contributed by atoms with Crippen molar-refractivity contribution in [3.05, 3.63) is 59.9 Å². The zero-order valence-electron chi connectivity index (χ0n) is 18.0. The molecule has 5 nitrogen and oxygen atoms in total. The van der Waals surface area contributed by atoms with Crippen LogP contribution in [-0.4, -0.2) is 40.1 Å². The molecule has 2 heterocycles. The molecule has 0 spiro atoms. The number of aromatic nitrogens is 2. The minimum Gasteiger partial charge on any atom is -0.494 e. The van der Waals surface area contributed by atoms with Gasteiger partial charge in [0.15, 0.2) is 0 Å². The predicted molar refractivity (Wildman–Crippen MR) is 120 cm³/mol. The van der Waals surface area contributed by atoms with E-state index < -0.39 is 0 Å². The van der Waals surface area contributed by atoms with E-state index in [0.717, 1.165) is 61.5 Å². The fraction of sp³-hybridized carbons (Fsp3) is 0.440. The summed E-state index contributed by atoms with van der Waals surface area (Å²) in [6.45, 7) is 7.34. The Bertz CT molecular complexity index is 993. The van der Waals surface area contributed by atoms with Gasteiger partial charge in [0, 0.05) is 32.0 Å². The summed E-state index contributed by atoms with van der Waals surface area (Å²) in [5, 5.41) is 0. The van der Waals surface area contributed by atoms with Crippen molar-refractivity contribution in [1.29, 1.82) is 0 Å². The van der Waals surface area contributed by atoms with E-state index >= 15 is 0 Å². The lowest BCUT2D eigenvalue weighted by Crippen LogP contribution is -2.24. The number of para-hydroxylation sites is 2. The number of ether oxygens (including phenoxy) is 1. The third kappa shape index (κ3) is 4.35. The largest absolute Gasteiger partial charge is 0.494 e. The zero-order valence-corrected chi connectivity index (χ0v) is 18.0. The van der Waals surface area contributed by atoms with Gasteiger partial charge in [0.1, 0.15) is 11.6 Å². The Balaban J connectivity index is 1.40. The number of likely N-dealkylation sites (N-methyl/N-ethyl adjacent to an activating group) is 1. The van der Waals surface area contributed by atoms with Crippen LogP contribution >= 0.6 is 0 Å². The molecule has 0 bridgehead atoms. The first-order valence-corrected chi connectivity index (χ1v) is 11.1. The van der Waals surface area contributed by atoms with Crippen molar-refractivity contribution in [2.24, 2.45) is 0 Å². The highest BCUT2D eigenvalue weighted by Gasteiger charge is 2.32. The molecule has 1 atom stereocenters. The molecular weight excluding hydrogens is 374 g/mol. The molecule has 3 aromatic rings. The second kappa shape index (κ2) is 9.33. The van der Waals surface area contributed by atoms with Crippen molar-refractivity contribution in [2.45, 2.75) is 52.0 Å². The number of rotatable bonds is 9. The summed E-state index contributed by atoms with van der Waals surface area (Å²) in [5.41, 5.74) is 3.50. The monoisotopic (exact) mass is 405 g/mol. The van der Waals surface area contributed by atoms with Crippen LogP contribution in [0.4, 0.5) is 0 Å². The molecule has 1 amide bonds. The van der Waals surface area contributed by atoms with Gasteiger partial charge >= 0.3 is 0 Å². The fourth-order valence-electron chi connectivity index (χ4n) is 4.27. The summed E-state index contributed by atoms with van der Waals surface area (Å²) >= 11 is 0. The lowest BCUT2D eigenvalue weighted by Gasteiger charge is -2.15. The minimum absolute atomic E-state index is 0.179. The fourth-order valence-corrected chi connectivity index (χ4v) is 4.27. The molecule has 0 radical (unpaired) electrons. The van der Waals surface area contributed by atoms with Crippen LogP contribution in [0.3, 0.4) is 0 Å². The molecule has 5 heteroatoms. The first-order chi connectivity index (χ1) is 14.7. The van der Waals surface area contributed by atoms with Gasteiger partial charge < -0.3 is 14.2 Å². The topological polar surface area (TPSA) is 47.4 Å². The second-order valence-corrected chi connectivity index (χ2v) is 8.00. The number of benzene rings is 2. The van der Waals surface area contributed by atoms with Crippen LogP contribution in [0, 0.1) is 0 Å². The summed E-state index contributed by atoms with van der Waals surface area (Å²) < 4.78 is 8.23. The molecule has 4 rings (SSSR count). The summed E-state index contributed by atoms with van der Waals surface area (Å²) in [5.74, 6) is 2.41. The van der Waals surface area contributed by atoms with Crippen molar-refractivity contribution < 1.29 is 9.53 Å². The van der Waals surface area contributed by atoms with Crippen molar-refractivity contribution in [2.75, 3.05) is 19.7 Å². The number of aryl methyl sites for hydroxylation is 2. The van der Waals surface area contributed by atoms with E-state index in [4.69, 9.17) is 9.72 Å². The van der Waals surface area contributed by atoms with Gasteiger partial charge in [0.2, 0.25) is 5.91 Å². The molecule has 0 aliphatic carbocycles. The number of carbonyl (C=O) groups excluding carboxylic acids is 1. The van der Waals surface area contributed by atoms with Crippen LogP contribution in [0.25, 0.3) is 11.0 Å². The Morgan fingerprint density at radius 2 is 1.87 bits per heavy atom. The SMILES string of the molecule is CCc1ccc(OCCCCn2c(C3CC(=O)N(CC)C3)nc3ccccc32)cc1. The number of hydrogen-bond acceptors (Lipinski definition) is 3. The summed E-state index contributed by atoms with van der Waals surface area (Å²) in [6, 6.07) is 16.6. The number of likely N-dealkylation sites (tertiary alicyclic amines) is 1. The van der Waals surface area contributed by atoms with Crippen molar-refractivity contribution in [3.8, 4) is 5.75 Å². The van der Waals surface area contributed by atoms with Crippen molar-refractivity contribution >= 4 is 16.9 Å². The summed E-state index contributed by atoms with van der Waals surface area (Å²) in [6.07, 6.45) is 3.60. The highest BCUT2D eigenvalue weighted by Crippen LogP contribution is 2.30. The van der Waals surface area contributed by atoms with Gasteiger partial charge in [-0.25, -0.2) is 4.98 Å². The molecule has 0 saturated carbocycles. The number of amides is 1. The number of nitrogens with zero attached hydrogens (tertiary/aromatic N) is 3.